The molecule has 0 aromatic heterocycles. The fraction of sp³-hybridized carbons (Fsp3) is 0.429. The van der Waals surface area contributed by atoms with E-state index in [1.165, 1.54) is 34.1 Å². The number of hydrogen-bond donors (Lipinski definition) is 4. The molecule has 4 aromatic rings. The van der Waals surface area contributed by atoms with E-state index >= 15 is 0 Å². The zero-order valence-electron chi connectivity index (χ0n) is 34.3. The minimum atomic E-state index is -1.30. The van der Waals surface area contributed by atoms with Crippen LogP contribution in [0.2, 0.25) is 0 Å². The third-order valence-electron chi connectivity index (χ3n) is 13.8. The molecule has 14 nitrogen and oxygen atoms in total. The van der Waals surface area contributed by atoms with Gasteiger partial charge in [0.1, 0.15) is 0 Å². The monoisotopic (exact) mass is 856 g/mol. The number of imide groups is 2. The highest BCUT2D eigenvalue weighted by Crippen LogP contribution is 2.41. The fourth-order valence-electron chi connectivity index (χ4n) is 10.8. The average Bonchev–Trinajstić information content (AvgIpc) is 4.12. The summed E-state index contributed by atoms with van der Waals surface area (Å²) in [6, 6.07) is 11.7. The topological polar surface area (TPSA) is 208 Å². The summed E-state index contributed by atoms with van der Waals surface area (Å²) in [6.07, 6.45) is 14.8. The highest BCUT2D eigenvalue weighted by molar-refractivity contribution is 6.33. The van der Waals surface area contributed by atoms with Crippen LogP contribution in [0.25, 0.3) is 21.5 Å². The van der Waals surface area contributed by atoms with Gasteiger partial charge in [-0.25, -0.2) is 9.59 Å². The van der Waals surface area contributed by atoms with E-state index in [0.29, 0.717) is 33.0 Å². The number of nitrogens with zero attached hydrogens (tertiary/aromatic N) is 2. The number of carbonyl (C=O) groups excluding carboxylic acids is 6. The highest BCUT2D eigenvalue weighted by Gasteiger charge is 2.44. The number of benzene rings is 4. The molecule has 4 aliphatic carbocycles. The predicted molar refractivity (Wildman–Crippen MR) is 234 cm³/mol. The van der Waals surface area contributed by atoms with Gasteiger partial charge in [-0.1, -0.05) is 58.8 Å². The summed E-state index contributed by atoms with van der Waals surface area (Å²) < 4.78 is 0. The average molecular weight is 857 g/mol. The molecule has 4 aromatic carbocycles. The Hall–Kier alpha value is -6.44. The molecule has 4 saturated carbocycles. The molecule has 6 aliphatic rings. The second-order valence-electron chi connectivity index (χ2n) is 17.5. The Morgan fingerprint density at radius 1 is 0.413 bits per heavy atom. The van der Waals surface area contributed by atoms with Crippen LogP contribution in [-0.4, -0.2) is 91.6 Å². The first kappa shape index (κ1) is 43.2. The number of amides is 6. The molecule has 328 valence electrons. The first-order valence-corrected chi connectivity index (χ1v) is 22.0. The maximum atomic E-state index is 13.3. The van der Waals surface area contributed by atoms with Gasteiger partial charge in [0.05, 0.1) is 11.1 Å². The number of nitrogens with one attached hydrogen (secondary N) is 2. The zero-order chi connectivity index (χ0) is 43.4. The molecule has 0 unspecified atom stereocenters. The van der Waals surface area contributed by atoms with Gasteiger partial charge in [0.15, 0.2) is 0 Å². The Bertz CT molecular complexity index is 2360. The van der Waals surface area contributed by atoms with Crippen molar-refractivity contribution in [3.8, 4) is 0 Å². The van der Waals surface area contributed by atoms with Crippen LogP contribution in [0.15, 0.2) is 48.5 Å². The van der Waals surface area contributed by atoms with Crippen LogP contribution in [0.1, 0.15) is 193 Å². The molecule has 10 rings (SSSR count). The van der Waals surface area contributed by atoms with E-state index in [1.807, 2.05) is 0 Å². The standard InChI is InChI=1S/C24H26N2O6.C24H22N2O4.CH4/c27-21(25-13-5-1-2-6-13)15-9-11-18(24(31)32)20-16(10-12-17(19(15)20)23(29)30)22(28)26-14-7-3-4-8-14;27-21-15-9-11-17-20-18(24(30)26(23(17)29)14-7-3-4-8-14)12-10-16(19(15)20)22(28)25(21)13-5-1-2-6-13;/h9-14H,1-8H2,(H,25,27)(H,26,28)(H,29,30)(H,31,32);9-14H,1-8H2;1H4. The van der Waals surface area contributed by atoms with Crippen molar-refractivity contribution in [2.75, 3.05) is 0 Å². The van der Waals surface area contributed by atoms with Crippen molar-refractivity contribution in [3.63, 3.8) is 0 Å². The van der Waals surface area contributed by atoms with E-state index < -0.39 is 23.8 Å². The van der Waals surface area contributed by atoms with Crippen molar-refractivity contribution >= 4 is 68.9 Å². The van der Waals surface area contributed by atoms with Crippen molar-refractivity contribution in [1.29, 1.82) is 0 Å². The lowest BCUT2D eigenvalue weighted by atomic mass is 9.85. The van der Waals surface area contributed by atoms with Crippen LogP contribution in [-0.2, 0) is 0 Å². The first-order chi connectivity index (χ1) is 29.9. The number of aromatic carboxylic acids is 2. The third-order valence-corrected chi connectivity index (χ3v) is 13.8. The second kappa shape index (κ2) is 17.4. The number of hydrogen-bond acceptors (Lipinski definition) is 8. The Morgan fingerprint density at radius 3 is 0.968 bits per heavy atom. The quantitative estimate of drug-likeness (QED) is 0.125. The maximum absolute atomic E-state index is 13.3. The molecular weight excluding hydrogens is 805 g/mol. The summed E-state index contributed by atoms with van der Waals surface area (Å²) >= 11 is 0. The lowest BCUT2D eigenvalue weighted by Crippen LogP contribution is -2.48. The Labute approximate surface area is 364 Å². The second-order valence-corrected chi connectivity index (χ2v) is 17.5. The van der Waals surface area contributed by atoms with E-state index in [4.69, 9.17) is 0 Å². The summed E-state index contributed by atoms with van der Waals surface area (Å²) in [4.78, 5) is 106. The van der Waals surface area contributed by atoms with Gasteiger partial charge in [-0.15, -0.1) is 0 Å². The normalized spacial score (nSPS) is 19.1. The minimum absolute atomic E-state index is 0. The van der Waals surface area contributed by atoms with Crippen LogP contribution >= 0.6 is 0 Å². The summed E-state index contributed by atoms with van der Waals surface area (Å²) in [5.74, 6) is -4.74. The highest BCUT2D eigenvalue weighted by atomic mass is 16.4. The van der Waals surface area contributed by atoms with Crippen molar-refractivity contribution in [1.82, 2.24) is 20.4 Å². The third kappa shape index (κ3) is 7.52. The molecule has 2 heterocycles. The van der Waals surface area contributed by atoms with Gasteiger partial charge in [0.25, 0.3) is 35.4 Å². The largest absolute Gasteiger partial charge is 0.478 e. The molecule has 0 saturated heterocycles. The van der Waals surface area contributed by atoms with Crippen LogP contribution in [0.4, 0.5) is 0 Å². The zero-order valence-corrected chi connectivity index (χ0v) is 34.3. The molecule has 0 bridgehead atoms. The maximum Gasteiger partial charge on any atom is 0.336 e. The van der Waals surface area contributed by atoms with E-state index in [0.717, 1.165) is 103 Å². The van der Waals surface area contributed by atoms with Gasteiger partial charge in [-0.05, 0) is 99.9 Å². The number of fused-ring (bicyclic) bond motifs is 1. The van der Waals surface area contributed by atoms with Crippen LogP contribution < -0.4 is 10.6 Å². The molecule has 0 radical (unpaired) electrons. The summed E-state index contributed by atoms with van der Waals surface area (Å²) in [5.41, 5.74) is 1.39. The molecule has 14 heteroatoms. The van der Waals surface area contributed by atoms with Gasteiger partial charge < -0.3 is 20.8 Å². The van der Waals surface area contributed by atoms with Crippen molar-refractivity contribution in [2.45, 2.75) is 134 Å². The molecule has 4 fully saturated rings. The molecule has 4 N–H and O–H groups in total. The van der Waals surface area contributed by atoms with Crippen molar-refractivity contribution < 1.29 is 48.6 Å². The van der Waals surface area contributed by atoms with Crippen molar-refractivity contribution in [3.05, 3.63) is 93.0 Å². The lowest BCUT2D eigenvalue weighted by molar-refractivity contribution is 0.0520. The molecule has 0 spiro atoms. The van der Waals surface area contributed by atoms with Gasteiger partial charge in [-0.2, -0.15) is 0 Å². The first-order valence-electron chi connectivity index (χ1n) is 22.0. The predicted octanol–water partition coefficient (Wildman–Crippen LogP) is 8.13. The Balaban J connectivity index is 0.000000170. The molecule has 0 atom stereocenters. The van der Waals surface area contributed by atoms with Gasteiger partial charge >= 0.3 is 11.9 Å². The molecule has 2 aliphatic heterocycles. The van der Waals surface area contributed by atoms with E-state index in [-0.39, 0.29) is 88.2 Å². The summed E-state index contributed by atoms with van der Waals surface area (Å²) in [7, 11) is 0. The Morgan fingerprint density at radius 2 is 0.683 bits per heavy atom. The van der Waals surface area contributed by atoms with E-state index in [1.54, 1.807) is 24.3 Å². The number of carboxylic acids is 2. The van der Waals surface area contributed by atoms with E-state index in [9.17, 15) is 48.6 Å². The minimum Gasteiger partial charge on any atom is -0.478 e. The number of carbonyl (C=O) groups is 8. The lowest BCUT2D eigenvalue weighted by Gasteiger charge is -2.35. The number of carboxylic acid groups (broad SMARTS) is 2. The number of rotatable bonds is 8. The fourth-order valence-corrected chi connectivity index (χ4v) is 10.8. The summed E-state index contributed by atoms with van der Waals surface area (Å²) in [5, 5.41) is 26.3. The SMILES string of the molecule is C.O=C(O)c1ccc(C(=O)NC2CCCC2)c2c(C(=O)O)ccc(C(=O)NC3CCCC3)c12.O=C1c2ccc3c4c(ccc(c24)C(=O)N1C1CCCC1)C(=O)N(C1CCCC1)C3=O. The van der Waals surface area contributed by atoms with Crippen LogP contribution in [0.5, 0.6) is 0 Å². The van der Waals surface area contributed by atoms with Crippen LogP contribution in [0.3, 0.4) is 0 Å². The molecule has 63 heavy (non-hydrogen) atoms. The summed E-state index contributed by atoms with van der Waals surface area (Å²) in [6.45, 7) is 0. The van der Waals surface area contributed by atoms with Gasteiger partial charge in [-0.3, -0.25) is 38.6 Å². The van der Waals surface area contributed by atoms with E-state index in [2.05, 4.69) is 10.6 Å². The smallest absolute Gasteiger partial charge is 0.336 e. The van der Waals surface area contributed by atoms with Gasteiger partial charge in [0, 0.05) is 79.1 Å². The van der Waals surface area contributed by atoms with Crippen molar-refractivity contribution in [2.24, 2.45) is 0 Å². The Kier molecular flexibility index (Phi) is 11.9. The molecule has 6 amide bonds. The van der Waals surface area contributed by atoms with Gasteiger partial charge in [0.2, 0.25) is 0 Å². The van der Waals surface area contributed by atoms with Crippen LogP contribution in [0, 0.1) is 0 Å². The molecular formula is C49H52N4O10.